The highest BCUT2D eigenvalue weighted by atomic mass is 16.5. The third kappa shape index (κ3) is 24.5. The molecule has 0 saturated carbocycles. The Morgan fingerprint density at radius 3 is 0.980 bits per heavy atom. The zero-order chi connectivity index (χ0) is 34.7. The van der Waals surface area contributed by atoms with Gasteiger partial charge in [0.1, 0.15) is 11.5 Å². The van der Waals surface area contributed by atoms with Crippen molar-refractivity contribution in [2.75, 3.05) is 0 Å². The van der Waals surface area contributed by atoms with Crippen LogP contribution in [0.25, 0.3) is 0 Å². The maximum Gasteiger partial charge on any atom is 0.130 e. The fourth-order valence-electron chi connectivity index (χ4n) is 6.86. The van der Waals surface area contributed by atoms with Crippen LogP contribution in [0.5, 0.6) is 11.5 Å². The largest absolute Gasteiger partial charge is 0.457 e. The van der Waals surface area contributed by atoms with Crippen LogP contribution in [0.3, 0.4) is 0 Å². The van der Waals surface area contributed by atoms with Crippen LogP contribution < -0.4 is 4.74 Å². The number of aryl methyl sites for hydroxylation is 2. The van der Waals surface area contributed by atoms with E-state index < -0.39 is 0 Å². The van der Waals surface area contributed by atoms with E-state index in [1.54, 1.807) is 0 Å². The number of benzene rings is 2. The number of allylic oxidation sites excluding steroid dienone is 4. The Kier molecular flexibility index (Phi) is 28.8. The van der Waals surface area contributed by atoms with Crippen LogP contribution in [0, 0.1) is 0 Å². The van der Waals surface area contributed by atoms with Gasteiger partial charge < -0.3 is 4.74 Å². The second-order valence-electron chi connectivity index (χ2n) is 14.7. The number of rotatable bonds is 34. The molecule has 0 spiro atoms. The molecule has 0 aliphatic heterocycles. The van der Waals surface area contributed by atoms with Gasteiger partial charge in [-0.2, -0.15) is 0 Å². The molecular weight excluding hydrogens is 593 g/mol. The van der Waals surface area contributed by atoms with E-state index in [9.17, 15) is 0 Å². The normalized spacial score (nSPS) is 11.7. The molecule has 1 nitrogen and oxygen atoms in total. The molecule has 2 aromatic carbocycles. The van der Waals surface area contributed by atoms with Gasteiger partial charge in [-0.1, -0.05) is 190 Å². The van der Waals surface area contributed by atoms with Crippen molar-refractivity contribution in [3.63, 3.8) is 0 Å². The van der Waals surface area contributed by atoms with E-state index in [1.807, 2.05) is 0 Å². The zero-order valence-corrected chi connectivity index (χ0v) is 32.5. The highest BCUT2D eigenvalue weighted by Crippen LogP contribution is 2.30. The fraction of sp³-hybridized carbons (Fsp3) is 0.667. The van der Waals surface area contributed by atoms with Crippen molar-refractivity contribution in [1.29, 1.82) is 0 Å². The number of para-hydroxylation sites is 2. The summed E-state index contributed by atoms with van der Waals surface area (Å²) in [7, 11) is 0. The third-order valence-electron chi connectivity index (χ3n) is 10.1. The Bertz CT molecular complexity index is 965. The van der Waals surface area contributed by atoms with Gasteiger partial charge in [-0.15, -0.1) is 0 Å². The molecule has 276 valence electrons. The van der Waals surface area contributed by atoms with Gasteiger partial charge in [0.15, 0.2) is 0 Å². The van der Waals surface area contributed by atoms with Gasteiger partial charge in [0.25, 0.3) is 0 Å². The maximum absolute atomic E-state index is 6.59. The van der Waals surface area contributed by atoms with E-state index in [0.29, 0.717) is 0 Å². The molecule has 0 N–H and O–H groups in total. The van der Waals surface area contributed by atoms with E-state index in [1.165, 1.54) is 191 Å². The van der Waals surface area contributed by atoms with Gasteiger partial charge in [-0.25, -0.2) is 0 Å². The van der Waals surface area contributed by atoms with Gasteiger partial charge in [0, 0.05) is 0 Å². The van der Waals surface area contributed by atoms with E-state index in [2.05, 4.69) is 86.7 Å². The number of hydrogen-bond acceptors (Lipinski definition) is 1. The molecule has 0 aromatic heterocycles. The summed E-state index contributed by atoms with van der Waals surface area (Å²) in [6, 6.07) is 17.4. The summed E-state index contributed by atoms with van der Waals surface area (Å²) < 4.78 is 6.59. The summed E-state index contributed by atoms with van der Waals surface area (Å²) in [6.07, 6.45) is 49.8. The van der Waals surface area contributed by atoms with Crippen LogP contribution in [-0.4, -0.2) is 0 Å². The summed E-state index contributed by atoms with van der Waals surface area (Å²) in [5, 5.41) is 0. The lowest BCUT2D eigenvalue weighted by atomic mass is 10.0. The third-order valence-corrected chi connectivity index (χ3v) is 10.1. The minimum absolute atomic E-state index is 1.05. The predicted octanol–water partition coefficient (Wildman–Crippen LogP) is 16.6. The Morgan fingerprint density at radius 1 is 0.347 bits per heavy atom. The lowest BCUT2D eigenvalue weighted by Gasteiger charge is -2.14. The van der Waals surface area contributed by atoms with Crippen LogP contribution in [0.1, 0.15) is 205 Å². The summed E-state index contributed by atoms with van der Waals surface area (Å²) >= 11 is 0. The lowest BCUT2D eigenvalue weighted by molar-refractivity contribution is 0.466. The van der Waals surface area contributed by atoms with Crippen LogP contribution in [0.15, 0.2) is 72.8 Å². The molecule has 0 radical (unpaired) electrons. The molecule has 0 amide bonds. The second-order valence-corrected chi connectivity index (χ2v) is 14.7. The first-order valence-corrected chi connectivity index (χ1v) is 21.5. The SMILES string of the molecule is CCCCCCCC/C=C\CCCCCCCCc1ccccc1Oc1ccccc1CCCCCCCC/C=C\CCCCCCCC. The lowest BCUT2D eigenvalue weighted by Crippen LogP contribution is -1.96. The van der Waals surface area contributed by atoms with Crippen molar-refractivity contribution in [2.24, 2.45) is 0 Å². The van der Waals surface area contributed by atoms with Crippen molar-refractivity contribution in [3.05, 3.63) is 84.0 Å². The van der Waals surface area contributed by atoms with E-state index in [-0.39, 0.29) is 0 Å². The molecule has 0 unspecified atom stereocenters. The van der Waals surface area contributed by atoms with Crippen molar-refractivity contribution in [3.8, 4) is 11.5 Å². The average Bonchev–Trinajstić information content (AvgIpc) is 3.12. The summed E-state index contributed by atoms with van der Waals surface area (Å²) in [6.45, 7) is 4.58. The Hall–Kier alpha value is -2.28. The molecular formula is C48H78O. The monoisotopic (exact) mass is 671 g/mol. The first-order chi connectivity index (χ1) is 24.3. The molecule has 49 heavy (non-hydrogen) atoms. The number of hydrogen-bond donors (Lipinski definition) is 0. The highest BCUT2D eigenvalue weighted by molar-refractivity contribution is 5.41. The van der Waals surface area contributed by atoms with E-state index in [4.69, 9.17) is 4.74 Å². The predicted molar refractivity (Wildman–Crippen MR) is 219 cm³/mol. The standard InChI is InChI=1S/C48H78O/c1-3-5-7-9-11-13-15-17-19-21-23-25-27-29-31-33-39-45-41-35-37-43-47(45)49-48-44-38-36-42-46(48)40-34-32-30-28-26-24-22-20-18-16-14-12-10-8-6-4-2/h17-20,35-38,41-44H,3-16,21-34,39-40H2,1-2H3/b19-17-,20-18-. The molecule has 0 atom stereocenters. The van der Waals surface area contributed by atoms with Gasteiger partial charge in [0.05, 0.1) is 0 Å². The average molecular weight is 671 g/mol. The quantitative estimate of drug-likeness (QED) is 0.0532. The summed E-state index contributed by atoms with van der Waals surface area (Å²) in [5.41, 5.74) is 2.70. The van der Waals surface area contributed by atoms with Gasteiger partial charge in [0.2, 0.25) is 0 Å². The minimum Gasteiger partial charge on any atom is -0.457 e. The summed E-state index contributed by atoms with van der Waals surface area (Å²) in [5.74, 6) is 2.09. The maximum atomic E-state index is 6.59. The Balaban J connectivity index is 1.53. The first-order valence-electron chi connectivity index (χ1n) is 21.5. The zero-order valence-electron chi connectivity index (χ0n) is 32.5. The molecule has 0 fully saturated rings. The van der Waals surface area contributed by atoms with Crippen LogP contribution in [0.4, 0.5) is 0 Å². The number of ether oxygens (including phenoxy) is 1. The minimum atomic E-state index is 1.05. The molecule has 0 bridgehead atoms. The number of unbranched alkanes of at least 4 members (excludes halogenated alkanes) is 24. The van der Waals surface area contributed by atoms with E-state index >= 15 is 0 Å². The van der Waals surface area contributed by atoms with Crippen LogP contribution in [0.2, 0.25) is 0 Å². The van der Waals surface area contributed by atoms with E-state index in [0.717, 1.165) is 24.3 Å². The first kappa shape index (κ1) is 42.9. The van der Waals surface area contributed by atoms with Crippen molar-refractivity contribution < 1.29 is 4.74 Å². The van der Waals surface area contributed by atoms with Gasteiger partial charge in [-0.05, 0) is 100 Å². The molecule has 1 heteroatoms. The van der Waals surface area contributed by atoms with Gasteiger partial charge in [-0.3, -0.25) is 0 Å². The highest BCUT2D eigenvalue weighted by Gasteiger charge is 2.08. The second kappa shape index (κ2) is 32.9. The Morgan fingerprint density at radius 2 is 0.633 bits per heavy atom. The Labute approximate surface area is 305 Å². The van der Waals surface area contributed by atoms with Crippen molar-refractivity contribution in [2.45, 2.75) is 206 Å². The van der Waals surface area contributed by atoms with Crippen molar-refractivity contribution in [1.82, 2.24) is 0 Å². The fourth-order valence-corrected chi connectivity index (χ4v) is 6.86. The van der Waals surface area contributed by atoms with Gasteiger partial charge >= 0.3 is 0 Å². The molecule has 0 saturated heterocycles. The van der Waals surface area contributed by atoms with Crippen LogP contribution in [-0.2, 0) is 12.8 Å². The molecule has 0 aliphatic rings. The molecule has 0 aliphatic carbocycles. The van der Waals surface area contributed by atoms with Crippen molar-refractivity contribution >= 4 is 0 Å². The smallest absolute Gasteiger partial charge is 0.130 e. The topological polar surface area (TPSA) is 9.23 Å². The molecule has 2 rings (SSSR count). The molecule has 0 heterocycles. The summed E-state index contributed by atoms with van der Waals surface area (Å²) in [4.78, 5) is 0. The van der Waals surface area contributed by atoms with Crippen LogP contribution >= 0.6 is 0 Å². The molecule has 2 aromatic rings.